The predicted octanol–water partition coefficient (Wildman–Crippen LogP) is 3.04. The molecule has 1 atom stereocenters. The predicted molar refractivity (Wildman–Crippen MR) is 113 cm³/mol. The highest BCUT2D eigenvalue weighted by Gasteiger charge is 2.25. The summed E-state index contributed by atoms with van der Waals surface area (Å²) in [6, 6.07) is 10.5. The van der Waals surface area contributed by atoms with E-state index in [1.54, 1.807) is 6.92 Å². The summed E-state index contributed by atoms with van der Waals surface area (Å²) in [5, 5.41) is 13.2. The van der Waals surface area contributed by atoms with Crippen molar-refractivity contribution in [3.05, 3.63) is 47.7 Å². The maximum atomic E-state index is 11.7. The van der Waals surface area contributed by atoms with Crippen LogP contribution in [0, 0.1) is 5.92 Å². The lowest BCUT2D eigenvalue weighted by atomic mass is 10.0. The molecule has 1 aliphatic heterocycles. The summed E-state index contributed by atoms with van der Waals surface area (Å²) < 4.78 is 2.22. The molecule has 0 spiro atoms. The number of H-pyrrole nitrogens is 1. The molecule has 4 rings (SSSR count). The summed E-state index contributed by atoms with van der Waals surface area (Å²) in [5.74, 6) is 2.33. The molecule has 29 heavy (non-hydrogen) atoms. The van der Waals surface area contributed by atoms with Crippen LogP contribution in [0.1, 0.15) is 50.6 Å². The molecule has 7 nitrogen and oxygen atoms in total. The molecule has 0 aliphatic carbocycles. The fourth-order valence-electron chi connectivity index (χ4n) is 4.21. The van der Waals surface area contributed by atoms with E-state index in [0.717, 1.165) is 50.7 Å². The van der Waals surface area contributed by atoms with Gasteiger partial charge in [0.2, 0.25) is 5.91 Å². The number of hydrogen-bond donors (Lipinski definition) is 2. The highest BCUT2D eigenvalue weighted by Crippen LogP contribution is 2.23. The van der Waals surface area contributed by atoms with Crippen LogP contribution in [0.5, 0.6) is 0 Å². The lowest BCUT2D eigenvalue weighted by Crippen LogP contribution is -2.31. The number of fused-ring (bicyclic) bond motifs is 2. The number of carbonyl (C=O) groups is 1. The first-order valence-corrected chi connectivity index (χ1v) is 10.5. The molecule has 1 aliphatic rings. The molecule has 0 saturated carbocycles. The van der Waals surface area contributed by atoms with E-state index in [1.807, 2.05) is 0 Å². The molecule has 3 heterocycles. The zero-order chi connectivity index (χ0) is 20.4. The second-order valence-corrected chi connectivity index (χ2v) is 8.42. The van der Waals surface area contributed by atoms with E-state index >= 15 is 0 Å². The second-order valence-electron chi connectivity index (χ2n) is 8.42. The Labute approximate surface area is 171 Å². The molecule has 2 aromatic heterocycles. The van der Waals surface area contributed by atoms with E-state index in [4.69, 9.17) is 0 Å². The van der Waals surface area contributed by atoms with Crippen LogP contribution < -0.4 is 5.32 Å². The number of rotatable bonds is 6. The van der Waals surface area contributed by atoms with Crippen molar-refractivity contribution < 1.29 is 4.79 Å². The highest BCUT2D eigenvalue weighted by atomic mass is 16.1. The first-order chi connectivity index (χ1) is 14.0. The Morgan fingerprint density at radius 1 is 1.21 bits per heavy atom. The van der Waals surface area contributed by atoms with Gasteiger partial charge in [-0.05, 0) is 29.9 Å². The zero-order valence-electron chi connectivity index (χ0n) is 17.5. The summed E-state index contributed by atoms with van der Waals surface area (Å²) in [4.78, 5) is 17.7. The van der Waals surface area contributed by atoms with Gasteiger partial charge in [0.25, 0.3) is 0 Å². The number of aromatic nitrogens is 4. The molecule has 154 valence electrons. The van der Waals surface area contributed by atoms with Crippen LogP contribution in [-0.4, -0.2) is 43.6 Å². The third-order valence-corrected chi connectivity index (χ3v) is 5.52. The minimum atomic E-state index is -0.0889. The minimum Gasteiger partial charge on any atom is -0.357 e. The van der Waals surface area contributed by atoms with Gasteiger partial charge in [-0.1, -0.05) is 32.0 Å². The third-order valence-electron chi connectivity index (χ3n) is 5.52. The number of amides is 1. The molecule has 0 saturated heterocycles. The van der Waals surface area contributed by atoms with Crippen LogP contribution in [0.4, 0.5) is 0 Å². The zero-order valence-corrected chi connectivity index (χ0v) is 17.5. The Kier molecular flexibility index (Phi) is 5.67. The van der Waals surface area contributed by atoms with Crippen molar-refractivity contribution in [2.75, 3.05) is 13.1 Å². The lowest BCUT2D eigenvalue weighted by Gasteiger charge is -2.21. The van der Waals surface area contributed by atoms with Crippen molar-refractivity contribution in [1.29, 1.82) is 0 Å². The maximum Gasteiger partial charge on any atom is 0.217 e. The minimum absolute atomic E-state index is 0.0259. The van der Waals surface area contributed by atoms with E-state index in [2.05, 4.69) is 74.1 Å². The molecule has 1 unspecified atom stereocenters. The molecule has 3 aromatic rings. The number of hydrogen-bond acceptors (Lipinski definition) is 4. The topological polar surface area (TPSA) is 78.8 Å². The first kappa shape index (κ1) is 19.6. The number of nitrogens with one attached hydrogen (secondary N) is 2. The van der Waals surface area contributed by atoms with Crippen LogP contribution in [0.25, 0.3) is 10.9 Å². The average Bonchev–Trinajstić information content (AvgIpc) is 3.20. The van der Waals surface area contributed by atoms with Crippen molar-refractivity contribution in [1.82, 2.24) is 30.0 Å². The number of para-hydroxylation sites is 1. The SMILES string of the molecule is CC(=O)NC(CC(C)C)c1nnc2n1CCN(Cc1cc3ccccc3[nH]1)CC2. The van der Waals surface area contributed by atoms with Crippen LogP contribution in [-0.2, 0) is 24.3 Å². The molecule has 2 N–H and O–H groups in total. The smallest absolute Gasteiger partial charge is 0.217 e. The van der Waals surface area contributed by atoms with Gasteiger partial charge in [0.15, 0.2) is 5.82 Å². The monoisotopic (exact) mass is 394 g/mol. The fraction of sp³-hybridized carbons (Fsp3) is 0.500. The van der Waals surface area contributed by atoms with Crippen LogP contribution >= 0.6 is 0 Å². The maximum absolute atomic E-state index is 11.7. The molecule has 0 radical (unpaired) electrons. The summed E-state index contributed by atoms with van der Waals surface area (Å²) in [6.45, 7) is 9.50. The van der Waals surface area contributed by atoms with E-state index < -0.39 is 0 Å². The number of nitrogens with zero attached hydrogens (tertiary/aromatic N) is 4. The molecule has 0 bridgehead atoms. The van der Waals surface area contributed by atoms with Crippen molar-refractivity contribution >= 4 is 16.8 Å². The Bertz CT molecular complexity index is 955. The summed E-state index contributed by atoms with van der Waals surface area (Å²) >= 11 is 0. The van der Waals surface area contributed by atoms with Gasteiger partial charge in [0.05, 0.1) is 6.04 Å². The summed E-state index contributed by atoms with van der Waals surface area (Å²) in [6.07, 6.45) is 1.72. The number of benzene rings is 1. The van der Waals surface area contributed by atoms with Crippen molar-refractivity contribution in [2.45, 2.75) is 52.7 Å². The van der Waals surface area contributed by atoms with Gasteiger partial charge in [0, 0.05) is 50.7 Å². The van der Waals surface area contributed by atoms with E-state index in [9.17, 15) is 4.79 Å². The molecule has 1 amide bonds. The van der Waals surface area contributed by atoms with Gasteiger partial charge in [-0.25, -0.2) is 0 Å². The van der Waals surface area contributed by atoms with Gasteiger partial charge in [-0.15, -0.1) is 10.2 Å². The van der Waals surface area contributed by atoms with Crippen molar-refractivity contribution in [3.63, 3.8) is 0 Å². The van der Waals surface area contributed by atoms with Gasteiger partial charge >= 0.3 is 0 Å². The van der Waals surface area contributed by atoms with Crippen molar-refractivity contribution in [2.24, 2.45) is 5.92 Å². The van der Waals surface area contributed by atoms with Crippen molar-refractivity contribution in [3.8, 4) is 0 Å². The Balaban J connectivity index is 1.48. The van der Waals surface area contributed by atoms with Gasteiger partial charge in [-0.3, -0.25) is 9.69 Å². The molecule has 7 heteroatoms. The van der Waals surface area contributed by atoms with E-state index in [0.29, 0.717) is 5.92 Å². The molecule has 1 aromatic carbocycles. The van der Waals surface area contributed by atoms with Gasteiger partial charge in [0.1, 0.15) is 5.82 Å². The average molecular weight is 395 g/mol. The first-order valence-electron chi connectivity index (χ1n) is 10.5. The second kappa shape index (κ2) is 8.37. The van der Waals surface area contributed by atoms with Crippen LogP contribution in [0.3, 0.4) is 0 Å². The quantitative estimate of drug-likeness (QED) is 0.674. The Morgan fingerprint density at radius 2 is 2.03 bits per heavy atom. The van der Waals surface area contributed by atoms with Gasteiger partial charge in [-0.2, -0.15) is 0 Å². The summed E-state index contributed by atoms with van der Waals surface area (Å²) in [7, 11) is 0. The Hall–Kier alpha value is -2.67. The van der Waals surface area contributed by atoms with E-state index in [-0.39, 0.29) is 11.9 Å². The highest BCUT2D eigenvalue weighted by molar-refractivity contribution is 5.80. The summed E-state index contributed by atoms with van der Waals surface area (Å²) in [5.41, 5.74) is 2.42. The number of aromatic amines is 1. The van der Waals surface area contributed by atoms with Gasteiger partial charge < -0.3 is 14.9 Å². The normalized spacial score (nSPS) is 16.0. The van der Waals surface area contributed by atoms with Crippen LogP contribution in [0.2, 0.25) is 0 Å². The standard InChI is InChI=1S/C22H30N6O/c1-15(2)12-20(23-16(3)29)22-26-25-21-8-9-27(10-11-28(21)22)14-18-13-17-6-4-5-7-19(17)24-18/h4-7,13,15,20,24H,8-12,14H2,1-3H3,(H,23,29). The lowest BCUT2D eigenvalue weighted by molar-refractivity contribution is -0.119. The Morgan fingerprint density at radius 3 is 2.79 bits per heavy atom. The fourth-order valence-corrected chi connectivity index (χ4v) is 4.21. The molecular formula is C22H30N6O. The van der Waals surface area contributed by atoms with E-state index in [1.165, 1.54) is 16.6 Å². The van der Waals surface area contributed by atoms with Crippen LogP contribution in [0.15, 0.2) is 30.3 Å². The third kappa shape index (κ3) is 4.50. The largest absolute Gasteiger partial charge is 0.357 e. The number of carbonyl (C=O) groups excluding carboxylic acids is 1. The molecule has 0 fully saturated rings. The molecular weight excluding hydrogens is 364 g/mol.